The lowest BCUT2D eigenvalue weighted by atomic mass is 10.1. The molecule has 0 aliphatic rings. The first-order valence-corrected chi connectivity index (χ1v) is 7.41. The number of amides is 2. The van der Waals surface area contributed by atoms with Crippen LogP contribution in [0.4, 0.5) is 10.1 Å². The van der Waals surface area contributed by atoms with Gasteiger partial charge < -0.3 is 10.2 Å². The zero-order valence-corrected chi connectivity index (χ0v) is 13.2. The number of hydrogen-bond acceptors (Lipinski definition) is 2. The summed E-state index contributed by atoms with van der Waals surface area (Å²) in [4.78, 5) is 25.2. The average Bonchev–Trinajstić information content (AvgIpc) is 2.52. The topological polar surface area (TPSA) is 49.4 Å². The van der Waals surface area contributed by atoms with E-state index >= 15 is 0 Å². The van der Waals surface area contributed by atoms with E-state index in [1.54, 1.807) is 41.3 Å². The molecular formula is C18H19FN2O2. The summed E-state index contributed by atoms with van der Waals surface area (Å²) in [6.45, 7) is 4.17. The molecule has 2 amide bonds. The Balaban J connectivity index is 2.11. The first-order valence-electron chi connectivity index (χ1n) is 7.41. The second-order valence-corrected chi connectivity index (χ2v) is 5.21. The van der Waals surface area contributed by atoms with Gasteiger partial charge in [0.25, 0.3) is 5.91 Å². The summed E-state index contributed by atoms with van der Waals surface area (Å²) in [5.41, 5.74) is 1.91. The van der Waals surface area contributed by atoms with Crippen LogP contribution in [0.2, 0.25) is 0 Å². The Hall–Kier alpha value is -2.69. The van der Waals surface area contributed by atoms with Crippen LogP contribution in [0.1, 0.15) is 29.8 Å². The Morgan fingerprint density at radius 1 is 1.13 bits per heavy atom. The molecule has 0 aromatic heterocycles. The van der Waals surface area contributed by atoms with Crippen molar-refractivity contribution in [1.82, 2.24) is 4.90 Å². The van der Waals surface area contributed by atoms with Gasteiger partial charge in [0.2, 0.25) is 5.91 Å². The molecule has 0 saturated heterocycles. The number of nitrogens with one attached hydrogen (secondary N) is 1. The van der Waals surface area contributed by atoms with Crippen molar-refractivity contribution in [2.45, 2.75) is 20.4 Å². The van der Waals surface area contributed by atoms with Crippen LogP contribution in [0, 0.1) is 5.82 Å². The summed E-state index contributed by atoms with van der Waals surface area (Å²) in [7, 11) is 0. The van der Waals surface area contributed by atoms with Crippen molar-refractivity contribution in [2.24, 2.45) is 0 Å². The molecule has 0 heterocycles. The first-order chi connectivity index (χ1) is 11.0. The maximum absolute atomic E-state index is 13.3. The summed E-state index contributed by atoms with van der Waals surface area (Å²) >= 11 is 0. The molecular weight excluding hydrogens is 295 g/mol. The normalized spacial score (nSPS) is 10.2. The highest BCUT2D eigenvalue weighted by Crippen LogP contribution is 2.14. The third-order valence-electron chi connectivity index (χ3n) is 3.38. The smallest absolute Gasteiger partial charge is 0.254 e. The summed E-state index contributed by atoms with van der Waals surface area (Å²) in [5, 5.41) is 2.65. The Labute approximate surface area is 134 Å². The summed E-state index contributed by atoms with van der Waals surface area (Å²) in [6.07, 6.45) is 0. The molecule has 1 N–H and O–H groups in total. The van der Waals surface area contributed by atoms with Crippen LogP contribution in [0.5, 0.6) is 0 Å². The minimum absolute atomic E-state index is 0.133. The lowest BCUT2D eigenvalue weighted by Gasteiger charge is -2.21. The van der Waals surface area contributed by atoms with Gasteiger partial charge in [-0.2, -0.15) is 0 Å². The van der Waals surface area contributed by atoms with E-state index in [-0.39, 0.29) is 17.6 Å². The van der Waals surface area contributed by atoms with Crippen LogP contribution in [0.15, 0.2) is 48.5 Å². The number of anilines is 1. The van der Waals surface area contributed by atoms with Gasteiger partial charge in [-0.25, -0.2) is 4.39 Å². The zero-order chi connectivity index (χ0) is 16.8. The van der Waals surface area contributed by atoms with Gasteiger partial charge >= 0.3 is 0 Å². The molecule has 0 radical (unpaired) electrons. The van der Waals surface area contributed by atoms with Crippen LogP contribution < -0.4 is 5.32 Å². The van der Waals surface area contributed by atoms with E-state index in [0.29, 0.717) is 24.3 Å². The van der Waals surface area contributed by atoms with Crippen LogP contribution in [0.3, 0.4) is 0 Å². The number of halogens is 1. The second-order valence-electron chi connectivity index (χ2n) is 5.21. The van der Waals surface area contributed by atoms with Crippen molar-refractivity contribution in [2.75, 3.05) is 11.9 Å². The fourth-order valence-electron chi connectivity index (χ4n) is 2.26. The first kappa shape index (κ1) is 16.7. The molecule has 0 saturated carbocycles. The monoisotopic (exact) mass is 314 g/mol. The van der Waals surface area contributed by atoms with E-state index in [9.17, 15) is 14.0 Å². The highest BCUT2D eigenvalue weighted by molar-refractivity contribution is 5.95. The van der Waals surface area contributed by atoms with Gasteiger partial charge in [0.15, 0.2) is 0 Å². The van der Waals surface area contributed by atoms with Gasteiger partial charge in [-0.3, -0.25) is 9.59 Å². The molecule has 2 aromatic rings. The molecule has 120 valence electrons. The third-order valence-corrected chi connectivity index (χ3v) is 3.38. The van der Waals surface area contributed by atoms with Gasteiger partial charge in [-0.05, 0) is 48.9 Å². The fraction of sp³-hybridized carbons (Fsp3) is 0.222. The lowest BCUT2D eigenvalue weighted by molar-refractivity contribution is -0.114. The predicted octanol–water partition coefficient (Wildman–Crippen LogP) is 3.45. The van der Waals surface area contributed by atoms with E-state index in [0.717, 1.165) is 5.56 Å². The number of nitrogens with zero attached hydrogens (tertiary/aromatic N) is 1. The number of hydrogen-bond donors (Lipinski definition) is 1. The molecule has 4 nitrogen and oxygen atoms in total. The van der Waals surface area contributed by atoms with E-state index < -0.39 is 0 Å². The fourth-order valence-corrected chi connectivity index (χ4v) is 2.26. The molecule has 23 heavy (non-hydrogen) atoms. The molecule has 0 spiro atoms. The molecule has 0 aliphatic carbocycles. The van der Waals surface area contributed by atoms with Crippen molar-refractivity contribution in [3.63, 3.8) is 0 Å². The van der Waals surface area contributed by atoms with E-state index in [1.807, 2.05) is 6.92 Å². The molecule has 5 heteroatoms. The molecule has 2 aromatic carbocycles. The van der Waals surface area contributed by atoms with Gasteiger partial charge in [0, 0.05) is 31.3 Å². The minimum Gasteiger partial charge on any atom is -0.335 e. The molecule has 0 aliphatic heterocycles. The van der Waals surface area contributed by atoms with Gasteiger partial charge in [-0.15, -0.1) is 0 Å². The van der Waals surface area contributed by atoms with Gasteiger partial charge in [-0.1, -0.05) is 12.1 Å². The summed E-state index contributed by atoms with van der Waals surface area (Å²) < 4.78 is 13.3. The molecule has 0 bridgehead atoms. The van der Waals surface area contributed by atoms with Crippen molar-refractivity contribution < 1.29 is 14.0 Å². The van der Waals surface area contributed by atoms with Crippen molar-refractivity contribution in [3.8, 4) is 0 Å². The number of carbonyl (C=O) groups is 2. The van der Waals surface area contributed by atoms with E-state index in [4.69, 9.17) is 0 Å². The SMILES string of the molecule is CCN(Cc1cccc(F)c1)C(=O)c1ccc(NC(C)=O)cc1. The maximum Gasteiger partial charge on any atom is 0.254 e. The van der Waals surface area contributed by atoms with Crippen molar-refractivity contribution in [1.29, 1.82) is 0 Å². The number of benzene rings is 2. The molecule has 2 rings (SSSR count). The molecule has 0 unspecified atom stereocenters. The largest absolute Gasteiger partial charge is 0.335 e. The highest BCUT2D eigenvalue weighted by atomic mass is 19.1. The Bertz CT molecular complexity index is 698. The standard InChI is InChI=1S/C18H19FN2O2/c1-3-21(12-14-5-4-6-16(19)11-14)18(23)15-7-9-17(10-8-15)20-13(2)22/h4-11H,3,12H2,1-2H3,(H,20,22). The molecule has 0 atom stereocenters. The minimum atomic E-state index is -0.314. The van der Waals surface area contributed by atoms with E-state index in [1.165, 1.54) is 19.1 Å². The maximum atomic E-state index is 13.3. The second kappa shape index (κ2) is 7.54. The average molecular weight is 314 g/mol. The lowest BCUT2D eigenvalue weighted by Crippen LogP contribution is -2.30. The molecule has 0 fully saturated rings. The third kappa shape index (κ3) is 4.64. The van der Waals surface area contributed by atoms with Crippen molar-refractivity contribution >= 4 is 17.5 Å². The predicted molar refractivity (Wildman–Crippen MR) is 87.6 cm³/mol. The van der Waals surface area contributed by atoms with Crippen LogP contribution in [-0.2, 0) is 11.3 Å². The number of rotatable bonds is 5. The zero-order valence-electron chi connectivity index (χ0n) is 13.2. The van der Waals surface area contributed by atoms with Crippen LogP contribution in [0.25, 0.3) is 0 Å². The number of carbonyl (C=O) groups excluding carboxylic acids is 2. The Morgan fingerprint density at radius 3 is 2.39 bits per heavy atom. The van der Waals surface area contributed by atoms with Gasteiger partial charge in [0.05, 0.1) is 0 Å². The summed E-state index contributed by atoms with van der Waals surface area (Å²) in [5.74, 6) is -0.609. The highest BCUT2D eigenvalue weighted by Gasteiger charge is 2.14. The summed E-state index contributed by atoms with van der Waals surface area (Å²) in [6, 6.07) is 12.9. The Kier molecular flexibility index (Phi) is 5.46. The van der Waals surface area contributed by atoms with Crippen LogP contribution in [-0.4, -0.2) is 23.3 Å². The Morgan fingerprint density at radius 2 is 1.83 bits per heavy atom. The van der Waals surface area contributed by atoms with Crippen LogP contribution >= 0.6 is 0 Å². The van der Waals surface area contributed by atoms with Crippen molar-refractivity contribution in [3.05, 3.63) is 65.5 Å². The quantitative estimate of drug-likeness (QED) is 0.919. The van der Waals surface area contributed by atoms with Gasteiger partial charge in [0.1, 0.15) is 5.82 Å². The van der Waals surface area contributed by atoms with E-state index in [2.05, 4.69) is 5.32 Å².